The number of aliphatic hydroxyl groups excluding tert-OH is 1. The van der Waals surface area contributed by atoms with Crippen LogP contribution in [0.1, 0.15) is 11.7 Å². The lowest BCUT2D eigenvalue weighted by Crippen LogP contribution is -2.12. The average molecular weight is 338 g/mol. The number of aliphatic hydroxyl groups is 1. The van der Waals surface area contributed by atoms with Crippen LogP contribution in [0.2, 0.25) is 0 Å². The van der Waals surface area contributed by atoms with Gasteiger partial charge in [0.1, 0.15) is 0 Å². The molecule has 0 aliphatic rings. The summed E-state index contributed by atoms with van der Waals surface area (Å²) in [6, 6.07) is 3.16. The zero-order valence-electron chi connectivity index (χ0n) is 8.73. The molecule has 1 rings (SSSR count). The van der Waals surface area contributed by atoms with Gasteiger partial charge < -0.3 is 19.7 Å². The fourth-order valence-electron chi connectivity index (χ4n) is 1.30. The van der Waals surface area contributed by atoms with Crippen molar-refractivity contribution >= 4 is 28.6 Å². The molecule has 1 aromatic rings. The van der Waals surface area contributed by atoms with Gasteiger partial charge in [0.2, 0.25) is 0 Å². The molecular formula is C10H11IO5. The van der Waals surface area contributed by atoms with E-state index in [4.69, 9.17) is 14.6 Å². The lowest BCUT2D eigenvalue weighted by Gasteiger charge is -2.15. The lowest BCUT2D eigenvalue weighted by molar-refractivity contribution is -0.147. The summed E-state index contributed by atoms with van der Waals surface area (Å²) in [7, 11) is 2.85. The van der Waals surface area contributed by atoms with Gasteiger partial charge in [-0.2, -0.15) is 0 Å². The molecule has 0 aliphatic carbocycles. The van der Waals surface area contributed by atoms with Gasteiger partial charge >= 0.3 is 5.97 Å². The number of aliphatic carboxylic acids is 1. The zero-order chi connectivity index (χ0) is 12.3. The summed E-state index contributed by atoms with van der Waals surface area (Å²) < 4.78 is 10.9. The number of rotatable bonds is 4. The summed E-state index contributed by atoms with van der Waals surface area (Å²) >= 11 is 2.03. The highest BCUT2D eigenvalue weighted by Crippen LogP contribution is 2.38. The SMILES string of the molecule is COc1c(I)ccc(C(O)C(=O)O)c1OC. The number of carboxylic acids is 1. The maximum absolute atomic E-state index is 10.7. The summed E-state index contributed by atoms with van der Waals surface area (Å²) in [6.07, 6.45) is -1.62. The third kappa shape index (κ3) is 2.38. The van der Waals surface area contributed by atoms with Crippen LogP contribution in [0.15, 0.2) is 12.1 Å². The molecule has 5 nitrogen and oxygen atoms in total. The standard InChI is InChI=1S/C10H11IO5/c1-15-8-5(7(12)10(13)14)3-4-6(11)9(8)16-2/h3-4,7,12H,1-2H3,(H,13,14). The van der Waals surface area contributed by atoms with Crippen molar-refractivity contribution in [2.45, 2.75) is 6.10 Å². The van der Waals surface area contributed by atoms with Crippen LogP contribution in [-0.4, -0.2) is 30.4 Å². The van der Waals surface area contributed by atoms with E-state index in [1.165, 1.54) is 20.3 Å². The number of hydrogen-bond acceptors (Lipinski definition) is 4. The topological polar surface area (TPSA) is 76.0 Å². The van der Waals surface area contributed by atoms with E-state index in [0.29, 0.717) is 5.75 Å². The highest BCUT2D eigenvalue weighted by atomic mass is 127. The Labute approximate surface area is 106 Å². The first-order valence-corrected chi connectivity index (χ1v) is 5.42. The average Bonchev–Trinajstić information content (AvgIpc) is 2.27. The van der Waals surface area contributed by atoms with Crippen molar-refractivity contribution in [3.63, 3.8) is 0 Å². The molecule has 1 aromatic carbocycles. The van der Waals surface area contributed by atoms with Crippen molar-refractivity contribution in [1.82, 2.24) is 0 Å². The highest BCUT2D eigenvalue weighted by molar-refractivity contribution is 14.1. The first-order chi connectivity index (χ1) is 7.52. The molecule has 0 amide bonds. The molecule has 1 unspecified atom stereocenters. The third-order valence-corrected chi connectivity index (χ3v) is 2.88. The largest absolute Gasteiger partial charge is 0.492 e. The number of halogens is 1. The number of ether oxygens (including phenoxy) is 2. The van der Waals surface area contributed by atoms with Gasteiger partial charge in [-0.15, -0.1) is 0 Å². The van der Waals surface area contributed by atoms with Crippen LogP contribution in [0.3, 0.4) is 0 Å². The second kappa shape index (κ2) is 5.35. The Morgan fingerprint density at radius 3 is 2.31 bits per heavy atom. The van der Waals surface area contributed by atoms with E-state index in [2.05, 4.69) is 0 Å². The first kappa shape index (κ1) is 13.0. The molecule has 0 fully saturated rings. The molecule has 0 bridgehead atoms. The Bertz CT molecular complexity index is 404. The molecule has 0 saturated carbocycles. The van der Waals surface area contributed by atoms with E-state index >= 15 is 0 Å². The molecule has 0 spiro atoms. The second-order valence-electron chi connectivity index (χ2n) is 2.94. The summed E-state index contributed by atoms with van der Waals surface area (Å²) in [4.78, 5) is 10.7. The van der Waals surface area contributed by atoms with Gasteiger partial charge in [-0.3, -0.25) is 0 Å². The van der Waals surface area contributed by atoms with E-state index < -0.39 is 12.1 Å². The Morgan fingerprint density at radius 1 is 1.31 bits per heavy atom. The van der Waals surface area contributed by atoms with Crippen LogP contribution in [0.5, 0.6) is 11.5 Å². The summed E-state index contributed by atoms with van der Waals surface area (Å²) in [6.45, 7) is 0. The molecule has 88 valence electrons. The predicted octanol–water partition coefficient (Wildman–Crippen LogP) is 1.43. The molecule has 2 N–H and O–H groups in total. The first-order valence-electron chi connectivity index (χ1n) is 4.34. The van der Waals surface area contributed by atoms with Crippen LogP contribution in [0.25, 0.3) is 0 Å². The van der Waals surface area contributed by atoms with Crippen molar-refractivity contribution in [1.29, 1.82) is 0 Å². The Balaban J connectivity index is 3.35. The number of carbonyl (C=O) groups is 1. The van der Waals surface area contributed by atoms with Crippen molar-refractivity contribution in [2.24, 2.45) is 0 Å². The van der Waals surface area contributed by atoms with Gasteiger partial charge in [0.15, 0.2) is 17.6 Å². The second-order valence-corrected chi connectivity index (χ2v) is 4.11. The third-order valence-electron chi connectivity index (χ3n) is 2.03. The van der Waals surface area contributed by atoms with Crippen LogP contribution in [-0.2, 0) is 4.79 Å². The lowest BCUT2D eigenvalue weighted by atomic mass is 10.1. The van der Waals surface area contributed by atoms with E-state index in [-0.39, 0.29) is 11.3 Å². The molecular weight excluding hydrogens is 327 g/mol. The van der Waals surface area contributed by atoms with E-state index in [1.807, 2.05) is 22.6 Å². The molecule has 0 aromatic heterocycles. The van der Waals surface area contributed by atoms with Crippen LogP contribution >= 0.6 is 22.6 Å². The normalized spacial score (nSPS) is 12.0. The van der Waals surface area contributed by atoms with E-state index in [0.717, 1.165) is 3.57 Å². The summed E-state index contributed by atoms with van der Waals surface area (Å²) in [5, 5.41) is 18.2. The minimum Gasteiger partial charge on any atom is -0.492 e. The smallest absolute Gasteiger partial charge is 0.337 e. The Kier molecular flexibility index (Phi) is 4.36. The fraction of sp³-hybridized carbons (Fsp3) is 0.300. The Morgan fingerprint density at radius 2 is 1.88 bits per heavy atom. The van der Waals surface area contributed by atoms with Gasteiger partial charge in [0.25, 0.3) is 0 Å². The van der Waals surface area contributed by atoms with Gasteiger partial charge in [-0.25, -0.2) is 4.79 Å². The zero-order valence-corrected chi connectivity index (χ0v) is 10.9. The highest BCUT2D eigenvalue weighted by Gasteiger charge is 2.24. The van der Waals surface area contributed by atoms with Gasteiger partial charge in [-0.05, 0) is 28.7 Å². The van der Waals surface area contributed by atoms with Crippen LogP contribution in [0.4, 0.5) is 0 Å². The van der Waals surface area contributed by atoms with Crippen molar-refractivity contribution < 1.29 is 24.5 Å². The molecule has 0 aliphatic heterocycles. The summed E-state index contributed by atoms with van der Waals surface area (Å²) in [5.74, 6) is -0.674. The predicted molar refractivity (Wildman–Crippen MR) is 64.9 cm³/mol. The monoisotopic (exact) mass is 338 g/mol. The number of methoxy groups -OCH3 is 2. The minimum absolute atomic E-state index is 0.173. The molecule has 0 heterocycles. The molecule has 1 atom stereocenters. The Hall–Kier alpha value is -1.02. The fourth-order valence-corrected chi connectivity index (χ4v) is 1.95. The van der Waals surface area contributed by atoms with Crippen molar-refractivity contribution in [3.8, 4) is 11.5 Å². The van der Waals surface area contributed by atoms with E-state index in [1.54, 1.807) is 6.07 Å². The van der Waals surface area contributed by atoms with Crippen molar-refractivity contribution in [2.75, 3.05) is 14.2 Å². The number of benzene rings is 1. The van der Waals surface area contributed by atoms with Crippen molar-refractivity contribution in [3.05, 3.63) is 21.3 Å². The number of carboxylic acid groups (broad SMARTS) is 1. The summed E-state index contributed by atoms with van der Waals surface area (Å²) in [5.41, 5.74) is 0.173. The maximum Gasteiger partial charge on any atom is 0.337 e. The van der Waals surface area contributed by atoms with Crippen LogP contribution in [0, 0.1) is 3.57 Å². The molecule has 0 radical (unpaired) electrons. The maximum atomic E-state index is 10.7. The van der Waals surface area contributed by atoms with Crippen LogP contribution < -0.4 is 9.47 Å². The molecule has 16 heavy (non-hydrogen) atoms. The number of hydrogen-bond donors (Lipinski definition) is 2. The van der Waals surface area contributed by atoms with Gasteiger partial charge in [-0.1, -0.05) is 6.07 Å². The molecule has 0 saturated heterocycles. The quantitative estimate of drug-likeness (QED) is 0.813. The minimum atomic E-state index is -1.62. The van der Waals surface area contributed by atoms with E-state index in [9.17, 15) is 9.90 Å². The van der Waals surface area contributed by atoms with Gasteiger partial charge in [0.05, 0.1) is 17.8 Å². The molecule has 6 heteroatoms. The van der Waals surface area contributed by atoms with Gasteiger partial charge in [0, 0.05) is 5.56 Å².